The first-order chi connectivity index (χ1) is 18.1. The van der Waals surface area contributed by atoms with E-state index in [2.05, 4.69) is 15.5 Å². The number of aromatic nitrogens is 2. The number of amides is 1. The van der Waals surface area contributed by atoms with Gasteiger partial charge in [0.15, 0.2) is 0 Å². The summed E-state index contributed by atoms with van der Waals surface area (Å²) in [4.78, 5) is 12.7. The molecule has 5 aromatic rings. The van der Waals surface area contributed by atoms with Crippen molar-refractivity contribution in [3.8, 4) is 22.8 Å². The highest BCUT2D eigenvalue weighted by molar-refractivity contribution is 6.03. The third-order valence-corrected chi connectivity index (χ3v) is 5.62. The molecule has 0 fully saturated rings. The van der Waals surface area contributed by atoms with Crippen LogP contribution < -0.4 is 14.8 Å². The zero-order valence-corrected chi connectivity index (χ0v) is 19.9. The van der Waals surface area contributed by atoms with Gasteiger partial charge in [-0.05, 0) is 47.5 Å². The number of ether oxygens (including phenoxy) is 2. The quantitative estimate of drug-likeness (QED) is 0.242. The van der Waals surface area contributed by atoms with E-state index < -0.39 is 11.7 Å². The maximum Gasteiger partial charge on any atom is 0.273 e. The Kier molecular flexibility index (Phi) is 7.22. The highest BCUT2D eigenvalue weighted by atomic mass is 19.1. The summed E-state index contributed by atoms with van der Waals surface area (Å²) in [5, 5.41) is 9.75. The second kappa shape index (κ2) is 11.2. The van der Waals surface area contributed by atoms with E-state index in [0.717, 1.165) is 11.1 Å². The number of aromatic amines is 1. The molecule has 1 heterocycles. The summed E-state index contributed by atoms with van der Waals surface area (Å²) in [6, 6.07) is 32.6. The minimum atomic E-state index is -0.433. The van der Waals surface area contributed by atoms with E-state index in [-0.39, 0.29) is 5.69 Å². The molecular formula is C30H24FN3O3. The molecule has 184 valence electrons. The van der Waals surface area contributed by atoms with Crippen molar-refractivity contribution in [3.05, 3.63) is 132 Å². The molecule has 1 amide bonds. The summed E-state index contributed by atoms with van der Waals surface area (Å²) < 4.78 is 25.6. The number of anilines is 1. The highest BCUT2D eigenvalue weighted by Crippen LogP contribution is 2.34. The maximum absolute atomic E-state index is 13.5. The van der Waals surface area contributed by atoms with Crippen LogP contribution in [0.15, 0.2) is 109 Å². The molecule has 0 saturated heterocycles. The molecule has 1 aromatic heterocycles. The average Bonchev–Trinajstić information content (AvgIpc) is 3.42. The van der Waals surface area contributed by atoms with Crippen LogP contribution in [0, 0.1) is 5.82 Å². The number of benzene rings is 4. The minimum Gasteiger partial charge on any atom is -0.489 e. The number of rotatable bonds is 9. The molecule has 0 atom stereocenters. The standard InChI is InChI=1S/C30H24FN3O3/c31-23-12-7-13-24(16-23)32-30(35)28-18-27(33-34-28)26-15-14-25(36-19-21-8-3-1-4-9-21)17-29(26)37-20-22-10-5-2-6-11-22/h1-18H,19-20H2,(H,32,35)(H,33,34). The van der Waals surface area contributed by atoms with E-state index in [1.807, 2.05) is 78.9 Å². The SMILES string of the molecule is O=C(Nc1cccc(F)c1)c1cc(-c2ccc(OCc3ccccc3)cc2OCc2ccccc2)n[nH]1. The van der Waals surface area contributed by atoms with Gasteiger partial charge in [0.25, 0.3) is 5.91 Å². The van der Waals surface area contributed by atoms with Crippen LogP contribution in [-0.2, 0) is 13.2 Å². The fraction of sp³-hybridized carbons (Fsp3) is 0.0667. The van der Waals surface area contributed by atoms with E-state index in [4.69, 9.17) is 9.47 Å². The summed E-state index contributed by atoms with van der Waals surface area (Å²) in [5.41, 5.74) is 3.89. The van der Waals surface area contributed by atoms with Gasteiger partial charge < -0.3 is 14.8 Å². The number of H-pyrrole nitrogens is 1. The van der Waals surface area contributed by atoms with Crippen LogP contribution in [0.25, 0.3) is 11.3 Å². The number of nitrogens with zero attached hydrogens (tertiary/aromatic N) is 1. The lowest BCUT2D eigenvalue weighted by atomic mass is 10.1. The number of carbonyl (C=O) groups is 1. The summed E-state index contributed by atoms with van der Waals surface area (Å²) in [6.07, 6.45) is 0. The molecule has 0 bridgehead atoms. The molecule has 0 aliphatic carbocycles. The third-order valence-electron chi connectivity index (χ3n) is 5.62. The lowest BCUT2D eigenvalue weighted by Gasteiger charge is -2.13. The Morgan fingerprint density at radius 1 is 0.784 bits per heavy atom. The predicted molar refractivity (Wildman–Crippen MR) is 140 cm³/mol. The van der Waals surface area contributed by atoms with Gasteiger partial charge in [-0.25, -0.2) is 4.39 Å². The lowest BCUT2D eigenvalue weighted by molar-refractivity contribution is 0.102. The Morgan fingerprint density at radius 2 is 1.49 bits per heavy atom. The van der Waals surface area contributed by atoms with Gasteiger partial charge in [-0.3, -0.25) is 9.89 Å². The molecule has 0 aliphatic rings. The van der Waals surface area contributed by atoms with Crippen molar-refractivity contribution < 1.29 is 18.7 Å². The van der Waals surface area contributed by atoms with E-state index in [1.54, 1.807) is 12.1 Å². The van der Waals surface area contributed by atoms with Gasteiger partial charge in [0.2, 0.25) is 0 Å². The van der Waals surface area contributed by atoms with Gasteiger partial charge in [0, 0.05) is 17.3 Å². The van der Waals surface area contributed by atoms with E-state index in [0.29, 0.717) is 41.7 Å². The summed E-state index contributed by atoms with van der Waals surface area (Å²) in [6.45, 7) is 0.776. The second-order valence-corrected chi connectivity index (χ2v) is 8.34. The molecule has 4 aromatic carbocycles. The summed E-state index contributed by atoms with van der Waals surface area (Å²) in [7, 11) is 0. The van der Waals surface area contributed by atoms with Crippen molar-refractivity contribution in [2.45, 2.75) is 13.2 Å². The average molecular weight is 494 g/mol. The first kappa shape index (κ1) is 23.8. The molecule has 7 heteroatoms. The van der Waals surface area contributed by atoms with E-state index in [1.165, 1.54) is 18.2 Å². The normalized spacial score (nSPS) is 10.6. The number of carbonyl (C=O) groups excluding carboxylic acids is 1. The first-order valence-electron chi connectivity index (χ1n) is 11.7. The fourth-order valence-electron chi connectivity index (χ4n) is 3.74. The number of hydrogen-bond donors (Lipinski definition) is 2. The predicted octanol–water partition coefficient (Wildman–Crippen LogP) is 6.63. The van der Waals surface area contributed by atoms with Crippen LogP contribution >= 0.6 is 0 Å². The van der Waals surface area contributed by atoms with Crippen LogP contribution in [-0.4, -0.2) is 16.1 Å². The van der Waals surface area contributed by atoms with Gasteiger partial charge >= 0.3 is 0 Å². The Labute approximate surface area is 213 Å². The van der Waals surface area contributed by atoms with Gasteiger partial charge in [-0.2, -0.15) is 5.10 Å². The topological polar surface area (TPSA) is 76.2 Å². The van der Waals surface area contributed by atoms with Crippen LogP contribution in [0.3, 0.4) is 0 Å². The highest BCUT2D eigenvalue weighted by Gasteiger charge is 2.16. The Balaban J connectivity index is 1.37. The van der Waals surface area contributed by atoms with Crippen molar-refractivity contribution >= 4 is 11.6 Å². The smallest absolute Gasteiger partial charge is 0.273 e. The zero-order valence-electron chi connectivity index (χ0n) is 19.9. The van der Waals surface area contributed by atoms with Crippen LogP contribution in [0.5, 0.6) is 11.5 Å². The van der Waals surface area contributed by atoms with Crippen molar-refractivity contribution in [1.82, 2.24) is 10.2 Å². The molecule has 0 unspecified atom stereocenters. The summed E-state index contributed by atoms with van der Waals surface area (Å²) in [5.74, 6) is 0.352. The van der Waals surface area contributed by atoms with Gasteiger partial charge in [0.05, 0.1) is 5.69 Å². The number of halogens is 1. The van der Waals surface area contributed by atoms with Gasteiger partial charge in [-0.1, -0.05) is 66.7 Å². The molecule has 0 spiro atoms. The van der Waals surface area contributed by atoms with Gasteiger partial charge in [-0.15, -0.1) is 0 Å². The van der Waals surface area contributed by atoms with E-state index in [9.17, 15) is 9.18 Å². The Bertz CT molecular complexity index is 1490. The number of hydrogen-bond acceptors (Lipinski definition) is 4. The summed E-state index contributed by atoms with van der Waals surface area (Å²) >= 11 is 0. The zero-order chi connectivity index (χ0) is 25.5. The van der Waals surface area contributed by atoms with Gasteiger partial charge in [0.1, 0.15) is 36.2 Å². The monoisotopic (exact) mass is 493 g/mol. The maximum atomic E-state index is 13.5. The molecular weight excluding hydrogens is 469 g/mol. The van der Waals surface area contributed by atoms with E-state index >= 15 is 0 Å². The van der Waals surface area contributed by atoms with Crippen molar-refractivity contribution in [2.24, 2.45) is 0 Å². The minimum absolute atomic E-state index is 0.234. The van der Waals surface area contributed by atoms with Crippen molar-refractivity contribution in [1.29, 1.82) is 0 Å². The first-order valence-corrected chi connectivity index (χ1v) is 11.7. The molecule has 2 N–H and O–H groups in total. The Morgan fingerprint density at radius 3 is 2.19 bits per heavy atom. The largest absolute Gasteiger partial charge is 0.489 e. The fourth-order valence-corrected chi connectivity index (χ4v) is 3.74. The van der Waals surface area contributed by atoms with Crippen molar-refractivity contribution in [3.63, 3.8) is 0 Å². The second-order valence-electron chi connectivity index (χ2n) is 8.34. The molecule has 0 saturated carbocycles. The van der Waals surface area contributed by atoms with Crippen LogP contribution in [0.2, 0.25) is 0 Å². The molecule has 0 aliphatic heterocycles. The lowest BCUT2D eigenvalue weighted by Crippen LogP contribution is -2.12. The molecule has 0 radical (unpaired) electrons. The molecule has 5 rings (SSSR count). The number of nitrogens with one attached hydrogen (secondary N) is 2. The molecule has 6 nitrogen and oxygen atoms in total. The van der Waals surface area contributed by atoms with Crippen LogP contribution in [0.1, 0.15) is 21.6 Å². The van der Waals surface area contributed by atoms with Crippen LogP contribution in [0.4, 0.5) is 10.1 Å². The van der Waals surface area contributed by atoms with Crippen molar-refractivity contribution in [2.75, 3.05) is 5.32 Å². The molecule has 37 heavy (non-hydrogen) atoms. The third kappa shape index (κ3) is 6.21. The Hall–Kier alpha value is -4.91.